The second-order valence-corrected chi connectivity index (χ2v) is 3.03. The van der Waals surface area contributed by atoms with Crippen LogP contribution in [0.3, 0.4) is 0 Å². The number of hydrogen-bond acceptors (Lipinski definition) is 4. The third-order valence-electron chi connectivity index (χ3n) is 2.04. The van der Waals surface area contributed by atoms with E-state index < -0.39 is 17.1 Å². The van der Waals surface area contributed by atoms with Crippen LogP contribution < -0.4 is 0 Å². The zero-order valence-electron chi connectivity index (χ0n) is 7.62. The average molecular weight is 197 g/mol. The minimum atomic E-state index is -1.29. The van der Waals surface area contributed by atoms with Crippen molar-refractivity contribution < 1.29 is 15.1 Å². The molecule has 0 aromatic heterocycles. The van der Waals surface area contributed by atoms with E-state index in [0.29, 0.717) is 0 Å². The molecule has 0 saturated heterocycles. The number of nitro groups is 1. The summed E-state index contributed by atoms with van der Waals surface area (Å²) >= 11 is 0. The maximum absolute atomic E-state index is 10.4. The predicted octanol–water partition coefficient (Wildman–Crippen LogP) is 1.09. The van der Waals surface area contributed by atoms with Crippen LogP contribution in [-0.4, -0.2) is 21.2 Å². The maximum Gasteiger partial charge on any atom is 0.240 e. The van der Waals surface area contributed by atoms with Gasteiger partial charge in [0.05, 0.1) is 0 Å². The van der Waals surface area contributed by atoms with Crippen molar-refractivity contribution in [1.82, 2.24) is 0 Å². The number of phenols is 1. The highest BCUT2D eigenvalue weighted by Crippen LogP contribution is 2.26. The van der Waals surface area contributed by atoms with Gasteiger partial charge in [-0.05, 0) is 6.07 Å². The first-order chi connectivity index (χ1) is 6.54. The van der Waals surface area contributed by atoms with Crippen molar-refractivity contribution in [2.75, 3.05) is 0 Å². The lowest BCUT2D eigenvalue weighted by atomic mass is 10.0. The molecule has 2 atom stereocenters. The molecule has 1 aromatic rings. The van der Waals surface area contributed by atoms with Crippen LogP contribution in [0.2, 0.25) is 0 Å². The maximum atomic E-state index is 10.4. The highest BCUT2D eigenvalue weighted by atomic mass is 16.6. The van der Waals surface area contributed by atoms with E-state index in [1.54, 1.807) is 12.1 Å². The van der Waals surface area contributed by atoms with Crippen LogP contribution in [0.1, 0.15) is 18.6 Å². The van der Waals surface area contributed by atoms with Crippen LogP contribution in [0.5, 0.6) is 5.75 Å². The van der Waals surface area contributed by atoms with Crippen molar-refractivity contribution in [2.45, 2.75) is 19.1 Å². The molecule has 0 radical (unpaired) electrons. The Morgan fingerprint density at radius 3 is 2.50 bits per heavy atom. The molecule has 1 aromatic carbocycles. The molecule has 1 rings (SSSR count). The van der Waals surface area contributed by atoms with Crippen molar-refractivity contribution in [3.05, 3.63) is 39.9 Å². The fourth-order valence-corrected chi connectivity index (χ4v) is 1.11. The first-order valence-electron chi connectivity index (χ1n) is 4.13. The predicted molar refractivity (Wildman–Crippen MR) is 49.5 cm³/mol. The molecule has 0 heterocycles. The van der Waals surface area contributed by atoms with Gasteiger partial charge in [-0.3, -0.25) is 10.1 Å². The molecular weight excluding hydrogens is 186 g/mol. The van der Waals surface area contributed by atoms with E-state index >= 15 is 0 Å². The summed E-state index contributed by atoms with van der Waals surface area (Å²) in [6.45, 7) is 1.29. The molecule has 0 aliphatic heterocycles. The van der Waals surface area contributed by atoms with Gasteiger partial charge in [0, 0.05) is 17.4 Å². The van der Waals surface area contributed by atoms with Crippen molar-refractivity contribution in [3.63, 3.8) is 0 Å². The highest BCUT2D eigenvalue weighted by Gasteiger charge is 2.27. The number of benzene rings is 1. The summed E-state index contributed by atoms with van der Waals surface area (Å²) < 4.78 is 0. The largest absolute Gasteiger partial charge is 0.508 e. The molecule has 14 heavy (non-hydrogen) atoms. The lowest BCUT2D eigenvalue weighted by Crippen LogP contribution is -2.23. The molecule has 0 aliphatic carbocycles. The average Bonchev–Trinajstić information content (AvgIpc) is 2.16. The van der Waals surface area contributed by atoms with Gasteiger partial charge in [-0.15, -0.1) is 0 Å². The van der Waals surface area contributed by atoms with Gasteiger partial charge in [0.2, 0.25) is 6.04 Å². The topological polar surface area (TPSA) is 83.6 Å². The fraction of sp³-hybridized carbons (Fsp3) is 0.333. The molecule has 5 heteroatoms. The summed E-state index contributed by atoms with van der Waals surface area (Å²) in [5.74, 6) is -0.131. The summed E-state index contributed by atoms with van der Waals surface area (Å²) in [7, 11) is 0. The van der Waals surface area contributed by atoms with E-state index in [1.807, 2.05) is 0 Å². The van der Waals surface area contributed by atoms with E-state index in [1.165, 1.54) is 19.1 Å². The zero-order chi connectivity index (χ0) is 10.7. The molecule has 0 spiro atoms. The van der Waals surface area contributed by atoms with E-state index in [0.717, 1.165) is 0 Å². The highest BCUT2D eigenvalue weighted by molar-refractivity contribution is 5.33. The molecule has 0 amide bonds. The van der Waals surface area contributed by atoms with E-state index in [-0.39, 0.29) is 11.3 Å². The number of aromatic hydroxyl groups is 1. The Morgan fingerprint density at radius 1 is 1.43 bits per heavy atom. The fourth-order valence-electron chi connectivity index (χ4n) is 1.11. The second-order valence-electron chi connectivity index (χ2n) is 3.03. The minimum absolute atomic E-state index is 0.131. The molecule has 76 valence electrons. The summed E-state index contributed by atoms with van der Waals surface area (Å²) in [4.78, 5) is 9.80. The number of rotatable bonds is 3. The van der Waals surface area contributed by atoms with Crippen LogP contribution in [0.25, 0.3) is 0 Å². The van der Waals surface area contributed by atoms with Crippen LogP contribution in [0, 0.1) is 10.1 Å². The van der Waals surface area contributed by atoms with Crippen molar-refractivity contribution in [1.29, 1.82) is 0 Å². The van der Waals surface area contributed by atoms with Crippen molar-refractivity contribution in [2.24, 2.45) is 0 Å². The van der Waals surface area contributed by atoms with E-state index in [2.05, 4.69) is 0 Å². The Kier molecular flexibility index (Phi) is 3.03. The SMILES string of the molecule is C[C@@H]([C@H](O)c1ccccc1O)[N+](=O)[O-]. The molecule has 0 fully saturated rings. The van der Waals surface area contributed by atoms with Crippen LogP contribution in [0.15, 0.2) is 24.3 Å². The summed E-state index contributed by atoms with van der Waals surface area (Å²) in [6, 6.07) is 4.89. The number of phenolic OH excluding ortho intramolecular Hbond substituents is 1. The van der Waals surface area contributed by atoms with Crippen molar-refractivity contribution >= 4 is 0 Å². The number of aliphatic hydroxyl groups is 1. The summed E-state index contributed by atoms with van der Waals surface area (Å²) in [5, 5.41) is 29.3. The zero-order valence-corrected chi connectivity index (χ0v) is 7.62. The van der Waals surface area contributed by atoms with Gasteiger partial charge >= 0.3 is 0 Å². The quantitative estimate of drug-likeness (QED) is 0.561. The van der Waals surface area contributed by atoms with Crippen molar-refractivity contribution in [3.8, 4) is 5.75 Å². The van der Waals surface area contributed by atoms with Gasteiger partial charge in [0.15, 0.2) is 0 Å². The molecule has 0 aliphatic rings. The van der Waals surface area contributed by atoms with Gasteiger partial charge in [0.1, 0.15) is 11.9 Å². The Bertz CT molecular complexity index is 339. The summed E-state index contributed by atoms with van der Waals surface area (Å²) in [5.41, 5.74) is 0.178. The molecular formula is C9H11NO4. The van der Waals surface area contributed by atoms with Crippen LogP contribution in [-0.2, 0) is 0 Å². The van der Waals surface area contributed by atoms with Crippen LogP contribution in [0.4, 0.5) is 0 Å². The molecule has 2 N–H and O–H groups in total. The van der Waals surface area contributed by atoms with Gasteiger partial charge < -0.3 is 10.2 Å². The first kappa shape index (κ1) is 10.5. The summed E-state index contributed by atoms with van der Waals surface area (Å²) in [6.07, 6.45) is -1.29. The third-order valence-corrected chi connectivity index (χ3v) is 2.04. The normalized spacial score (nSPS) is 14.7. The standard InChI is InChI=1S/C9H11NO4/c1-6(10(13)14)9(12)7-4-2-3-5-8(7)11/h2-6,9,11-12H,1H3/t6-,9-/m0/s1. The lowest BCUT2D eigenvalue weighted by Gasteiger charge is -2.13. The van der Waals surface area contributed by atoms with E-state index in [4.69, 9.17) is 0 Å². The monoisotopic (exact) mass is 197 g/mol. The van der Waals surface area contributed by atoms with Gasteiger partial charge in [-0.2, -0.15) is 0 Å². The number of hydrogen-bond donors (Lipinski definition) is 2. The minimum Gasteiger partial charge on any atom is -0.508 e. The molecule has 0 saturated carbocycles. The number of aliphatic hydroxyl groups excluding tert-OH is 1. The van der Waals surface area contributed by atoms with Gasteiger partial charge in [0.25, 0.3) is 0 Å². The van der Waals surface area contributed by atoms with Gasteiger partial charge in [-0.1, -0.05) is 18.2 Å². The third kappa shape index (κ3) is 2.00. The van der Waals surface area contributed by atoms with E-state index in [9.17, 15) is 20.3 Å². The molecule has 0 bridgehead atoms. The lowest BCUT2D eigenvalue weighted by molar-refractivity contribution is -0.531. The Labute approximate surface area is 80.8 Å². The Morgan fingerprint density at radius 2 is 2.00 bits per heavy atom. The number of para-hydroxylation sites is 1. The van der Waals surface area contributed by atoms with Crippen LogP contribution >= 0.6 is 0 Å². The smallest absolute Gasteiger partial charge is 0.240 e. The Hall–Kier alpha value is -1.62. The Balaban J connectivity index is 2.94. The second kappa shape index (κ2) is 4.06. The number of nitrogens with zero attached hydrogens (tertiary/aromatic N) is 1. The molecule has 0 unspecified atom stereocenters. The van der Waals surface area contributed by atoms with Gasteiger partial charge in [-0.25, -0.2) is 0 Å². The first-order valence-corrected chi connectivity index (χ1v) is 4.13. The molecule has 5 nitrogen and oxygen atoms in total.